The maximum atomic E-state index is 10.0. The summed E-state index contributed by atoms with van der Waals surface area (Å²) in [6.45, 7) is -0.572. The van der Waals surface area contributed by atoms with Crippen molar-refractivity contribution in [3.05, 3.63) is 12.0 Å². The lowest BCUT2D eigenvalue weighted by molar-refractivity contribution is -0.0518. The fourth-order valence-electron chi connectivity index (χ4n) is 2.46. The quantitative estimate of drug-likeness (QED) is 0.433. The molecule has 1 aromatic heterocycles. The molecule has 2 aliphatic rings. The van der Waals surface area contributed by atoms with E-state index >= 15 is 0 Å². The Balaban J connectivity index is 1.92. The maximum absolute atomic E-state index is 10.0. The van der Waals surface area contributed by atoms with E-state index in [1.54, 1.807) is 0 Å². The molecule has 20 heavy (non-hydrogen) atoms. The first-order valence-electron chi connectivity index (χ1n) is 6.25. The molecule has 0 amide bonds. The molecular formula is C11H16N4O5. The number of ether oxygens (including phenoxy) is 1. The zero-order valence-electron chi connectivity index (χ0n) is 10.5. The predicted octanol–water partition coefficient (Wildman–Crippen LogP) is -2.02. The van der Waals surface area contributed by atoms with Crippen molar-refractivity contribution in [3.8, 4) is 0 Å². The van der Waals surface area contributed by atoms with E-state index in [0.717, 1.165) is 0 Å². The number of nitrogens with one attached hydrogen (secondary N) is 1. The van der Waals surface area contributed by atoms with Crippen molar-refractivity contribution in [1.29, 1.82) is 0 Å². The fourth-order valence-corrected chi connectivity index (χ4v) is 2.46. The van der Waals surface area contributed by atoms with Crippen LogP contribution in [0.25, 0.3) is 0 Å². The van der Waals surface area contributed by atoms with Crippen LogP contribution in [0.15, 0.2) is 11.3 Å². The molecule has 0 aromatic carbocycles. The van der Waals surface area contributed by atoms with Crippen LogP contribution in [-0.2, 0) is 4.74 Å². The van der Waals surface area contributed by atoms with Crippen molar-refractivity contribution < 1.29 is 25.2 Å². The van der Waals surface area contributed by atoms with Crippen LogP contribution in [0, 0.1) is 0 Å². The largest absolute Gasteiger partial charge is 0.394 e. The molecule has 9 nitrogen and oxygen atoms in total. The molecule has 5 atom stereocenters. The topological polar surface area (TPSA) is 132 Å². The lowest BCUT2D eigenvalue weighted by Crippen LogP contribution is -2.33. The second-order valence-electron chi connectivity index (χ2n) is 4.74. The number of hydrogen-bond donors (Lipinski definition) is 5. The SMILES string of the molecule is OC[C@@H]1N=CNc2c1ncn2[C@@H]1O[C@H](CO)[C@@H](O)[C@H]1O. The second kappa shape index (κ2) is 5.11. The van der Waals surface area contributed by atoms with Gasteiger partial charge in [-0.2, -0.15) is 0 Å². The molecule has 3 heterocycles. The van der Waals surface area contributed by atoms with Crippen LogP contribution in [0.4, 0.5) is 5.82 Å². The number of fused-ring (bicyclic) bond motifs is 1. The number of aliphatic hydroxyl groups is 4. The van der Waals surface area contributed by atoms with E-state index in [0.29, 0.717) is 11.5 Å². The third-order valence-corrected chi connectivity index (χ3v) is 3.56. The summed E-state index contributed by atoms with van der Waals surface area (Å²) in [7, 11) is 0. The van der Waals surface area contributed by atoms with Gasteiger partial charge in [0.05, 0.1) is 25.9 Å². The number of rotatable bonds is 3. The van der Waals surface area contributed by atoms with Gasteiger partial charge in [-0.15, -0.1) is 0 Å². The van der Waals surface area contributed by atoms with Crippen molar-refractivity contribution >= 4 is 12.2 Å². The summed E-state index contributed by atoms with van der Waals surface area (Å²) < 4.78 is 6.96. The summed E-state index contributed by atoms with van der Waals surface area (Å²) in [4.78, 5) is 8.20. The van der Waals surface area contributed by atoms with E-state index in [9.17, 15) is 15.3 Å². The molecule has 5 N–H and O–H groups in total. The van der Waals surface area contributed by atoms with E-state index in [-0.39, 0.29) is 13.2 Å². The predicted molar refractivity (Wildman–Crippen MR) is 67.2 cm³/mol. The van der Waals surface area contributed by atoms with Gasteiger partial charge in [0.25, 0.3) is 0 Å². The summed E-state index contributed by atoms with van der Waals surface area (Å²) in [5, 5.41) is 41.0. The highest BCUT2D eigenvalue weighted by molar-refractivity contribution is 5.78. The minimum Gasteiger partial charge on any atom is -0.394 e. The molecular weight excluding hydrogens is 268 g/mol. The van der Waals surface area contributed by atoms with E-state index in [1.165, 1.54) is 17.2 Å². The van der Waals surface area contributed by atoms with Crippen molar-refractivity contribution in [3.63, 3.8) is 0 Å². The first kappa shape index (κ1) is 13.5. The molecule has 0 unspecified atom stereocenters. The highest BCUT2D eigenvalue weighted by atomic mass is 16.6. The average Bonchev–Trinajstić information content (AvgIpc) is 3.01. The van der Waals surface area contributed by atoms with Gasteiger partial charge in [-0.25, -0.2) is 4.98 Å². The first-order chi connectivity index (χ1) is 9.67. The monoisotopic (exact) mass is 284 g/mol. The van der Waals surface area contributed by atoms with Crippen LogP contribution >= 0.6 is 0 Å². The number of nitrogens with zero attached hydrogens (tertiary/aromatic N) is 3. The Bertz CT molecular complexity index is 519. The number of aliphatic imine (C=N–C) groups is 1. The smallest absolute Gasteiger partial charge is 0.165 e. The van der Waals surface area contributed by atoms with E-state index in [1.807, 2.05) is 0 Å². The summed E-state index contributed by atoms with van der Waals surface area (Å²) in [5.41, 5.74) is 0.535. The van der Waals surface area contributed by atoms with Gasteiger partial charge >= 0.3 is 0 Å². The number of hydrogen-bond acceptors (Lipinski definition) is 8. The normalized spacial score (nSPS) is 35.9. The Morgan fingerprint density at radius 1 is 1.25 bits per heavy atom. The van der Waals surface area contributed by atoms with Crippen LogP contribution in [0.3, 0.4) is 0 Å². The summed E-state index contributed by atoms with van der Waals surface area (Å²) >= 11 is 0. The molecule has 3 rings (SSSR count). The van der Waals surface area contributed by atoms with Gasteiger partial charge in [0, 0.05) is 0 Å². The van der Waals surface area contributed by atoms with Crippen molar-refractivity contribution in [2.45, 2.75) is 30.6 Å². The van der Waals surface area contributed by atoms with Crippen LogP contribution in [0.1, 0.15) is 18.0 Å². The molecule has 9 heteroatoms. The van der Waals surface area contributed by atoms with Gasteiger partial charge in [-0.05, 0) is 0 Å². The zero-order valence-corrected chi connectivity index (χ0v) is 10.5. The lowest BCUT2D eigenvalue weighted by atomic mass is 10.1. The Labute approximate surface area is 114 Å². The zero-order chi connectivity index (χ0) is 14.3. The van der Waals surface area contributed by atoms with Crippen LogP contribution in [-0.4, -0.2) is 67.8 Å². The molecule has 1 saturated heterocycles. The minimum absolute atomic E-state index is 0.182. The molecule has 1 fully saturated rings. The van der Waals surface area contributed by atoms with Crippen molar-refractivity contribution in [2.24, 2.45) is 4.99 Å². The van der Waals surface area contributed by atoms with Crippen molar-refractivity contribution in [1.82, 2.24) is 9.55 Å². The van der Waals surface area contributed by atoms with Gasteiger partial charge in [-0.1, -0.05) is 0 Å². The van der Waals surface area contributed by atoms with Gasteiger partial charge in [0.1, 0.15) is 35.9 Å². The molecule has 0 bridgehead atoms. The summed E-state index contributed by atoms with van der Waals surface area (Å²) in [6.07, 6.45) is -1.19. The van der Waals surface area contributed by atoms with Crippen LogP contribution in [0.5, 0.6) is 0 Å². The fraction of sp³-hybridized carbons (Fsp3) is 0.636. The molecule has 0 saturated carbocycles. The summed E-state index contributed by atoms with van der Waals surface area (Å²) in [5.74, 6) is 0.536. The average molecular weight is 284 g/mol. The Kier molecular flexibility index (Phi) is 3.44. The lowest BCUT2D eigenvalue weighted by Gasteiger charge is -2.21. The molecule has 0 aliphatic carbocycles. The third-order valence-electron chi connectivity index (χ3n) is 3.56. The van der Waals surface area contributed by atoms with Gasteiger partial charge in [-0.3, -0.25) is 9.56 Å². The van der Waals surface area contributed by atoms with Crippen molar-refractivity contribution in [2.75, 3.05) is 18.5 Å². The molecule has 0 radical (unpaired) electrons. The third kappa shape index (κ3) is 1.91. The summed E-state index contributed by atoms with van der Waals surface area (Å²) in [6, 6.07) is -0.468. The second-order valence-corrected chi connectivity index (χ2v) is 4.74. The van der Waals surface area contributed by atoms with Crippen LogP contribution in [0.2, 0.25) is 0 Å². The maximum Gasteiger partial charge on any atom is 0.165 e. The number of anilines is 1. The van der Waals surface area contributed by atoms with Gasteiger partial charge < -0.3 is 30.5 Å². The van der Waals surface area contributed by atoms with E-state index < -0.39 is 30.6 Å². The molecule has 2 aliphatic heterocycles. The minimum atomic E-state index is -1.18. The Morgan fingerprint density at radius 3 is 2.70 bits per heavy atom. The number of imidazole rings is 1. The number of aliphatic hydroxyl groups excluding tert-OH is 4. The molecule has 1 aromatic rings. The number of aromatic nitrogens is 2. The highest BCUT2D eigenvalue weighted by Gasteiger charge is 2.44. The van der Waals surface area contributed by atoms with Gasteiger partial charge in [0.15, 0.2) is 6.23 Å². The molecule has 0 spiro atoms. The van der Waals surface area contributed by atoms with E-state index in [2.05, 4.69) is 15.3 Å². The molecule has 110 valence electrons. The van der Waals surface area contributed by atoms with Gasteiger partial charge in [0.2, 0.25) is 0 Å². The highest BCUT2D eigenvalue weighted by Crippen LogP contribution is 2.35. The van der Waals surface area contributed by atoms with E-state index in [4.69, 9.17) is 9.84 Å². The first-order valence-corrected chi connectivity index (χ1v) is 6.25. The Morgan fingerprint density at radius 2 is 2.05 bits per heavy atom. The standard InChI is InChI=1S/C11H16N4O5/c16-1-5-7-10(13-3-12-5)15(4-14-7)11-9(19)8(18)6(2-17)20-11/h3-6,8-9,11,16-19H,1-2H2,(H,12,13)/t5-,6+,8+,9+,11+/m0/s1. The van der Waals surface area contributed by atoms with Crippen LogP contribution < -0.4 is 5.32 Å². The Hall–Kier alpha value is -1.52.